The lowest BCUT2D eigenvalue weighted by molar-refractivity contribution is -0.136. The number of fused-ring (bicyclic) bond motifs is 1. The average Bonchev–Trinajstić information content (AvgIpc) is 3.57. The van der Waals surface area contributed by atoms with Gasteiger partial charge in [-0.05, 0) is 41.2 Å². The Morgan fingerprint density at radius 2 is 1.72 bits per heavy atom. The lowest BCUT2D eigenvalue weighted by Gasteiger charge is -2.34. The minimum Gasteiger partial charge on any atom is -0.380 e. The number of hydrogen-bond acceptors (Lipinski definition) is 10. The molecule has 0 saturated carbocycles. The number of rotatable bonds is 7. The van der Waals surface area contributed by atoms with Crippen molar-refractivity contribution in [2.45, 2.75) is 32.0 Å². The number of piperidine rings is 1. The summed E-state index contributed by atoms with van der Waals surface area (Å²) in [6.45, 7) is 5.04. The summed E-state index contributed by atoms with van der Waals surface area (Å²) in [6, 6.07) is 12.4. The van der Waals surface area contributed by atoms with Gasteiger partial charge >= 0.3 is 0 Å². The molecule has 6 rings (SSSR count). The molecule has 1 unspecified atom stereocenters. The second-order valence-electron chi connectivity index (χ2n) is 9.84. The van der Waals surface area contributed by atoms with Crippen LogP contribution in [-0.2, 0) is 22.7 Å². The van der Waals surface area contributed by atoms with Crippen LogP contribution in [0.25, 0.3) is 0 Å². The SMILES string of the molecule is O=C1CCC(N2C(=O)c3cccc(NCc4ccc(CN5CCN(c6ncsn6)CC5)cc4)c3C2=O)C(=O)N1. The van der Waals surface area contributed by atoms with Crippen molar-refractivity contribution < 1.29 is 19.2 Å². The second kappa shape index (κ2) is 10.5. The van der Waals surface area contributed by atoms with Gasteiger partial charge in [-0.25, -0.2) is 4.98 Å². The molecule has 4 amide bonds. The highest BCUT2D eigenvalue weighted by atomic mass is 32.1. The number of carbonyl (C=O) groups excluding carboxylic acids is 4. The van der Waals surface area contributed by atoms with Gasteiger partial charge in [-0.15, -0.1) is 0 Å². The molecule has 12 heteroatoms. The molecule has 0 spiro atoms. The van der Waals surface area contributed by atoms with E-state index in [4.69, 9.17) is 0 Å². The molecule has 39 heavy (non-hydrogen) atoms. The topological polar surface area (TPSA) is 128 Å². The van der Waals surface area contributed by atoms with Crippen molar-refractivity contribution in [2.75, 3.05) is 36.4 Å². The lowest BCUT2D eigenvalue weighted by Crippen LogP contribution is -2.54. The van der Waals surface area contributed by atoms with E-state index in [0.29, 0.717) is 12.2 Å². The van der Waals surface area contributed by atoms with E-state index in [-0.39, 0.29) is 24.0 Å². The normalized spacial score (nSPS) is 19.8. The van der Waals surface area contributed by atoms with E-state index >= 15 is 0 Å². The monoisotopic (exact) mass is 545 g/mol. The summed E-state index contributed by atoms with van der Waals surface area (Å²) in [6.07, 6.45) is 0.217. The second-order valence-corrected chi connectivity index (χ2v) is 10.4. The van der Waals surface area contributed by atoms with Crippen LogP contribution >= 0.6 is 11.5 Å². The number of anilines is 2. The number of nitrogens with one attached hydrogen (secondary N) is 2. The molecule has 1 atom stereocenters. The standard InChI is InChI=1S/C27H27N7O4S/c35-22-9-8-21(24(36)30-22)34-25(37)19-2-1-3-20(23(19)26(34)38)28-14-17-4-6-18(7-5-17)15-32-10-12-33(13-11-32)27-29-16-39-31-27/h1-7,16,21,28H,8-15H2,(H,30,35,36). The summed E-state index contributed by atoms with van der Waals surface area (Å²) in [4.78, 5) is 60.1. The van der Waals surface area contributed by atoms with Gasteiger partial charge in [-0.2, -0.15) is 4.37 Å². The predicted molar refractivity (Wildman–Crippen MR) is 144 cm³/mol. The van der Waals surface area contributed by atoms with Crippen LogP contribution in [0.15, 0.2) is 48.0 Å². The number of hydrogen-bond donors (Lipinski definition) is 2. The number of piperazine rings is 1. The molecule has 0 radical (unpaired) electrons. The van der Waals surface area contributed by atoms with Crippen molar-refractivity contribution in [3.8, 4) is 0 Å². The molecular formula is C27H27N7O4S. The number of aromatic nitrogens is 2. The van der Waals surface area contributed by atoms with Crippen molar-refractivity contribution >= 4 is 46.8 Å². The van der Waals surface area contributed by atoms with Gasteiger partial charge in [0.1, 0.15) is 11.6 Å². The maximum atomic E-state index is 13.3. The zero-order valence-corrected chi connectivity index (χ0v) is 21.9. The number of benzene rings is 2. The van der Waals surface area contributed by atoms with Crippen LogP contribution in [-0.4, -0.2) is 75.0 Å². The Morgan fingerprint density at radius 3 is 2.44 bits per heavy atom. The maximum absolute atomic E-state index is 13.3. The Balaban J connectivity index is 1.07. The summed E-state index contributed by atoms with van der Waals surface area (Å²) in [7, 11) is 0. The molecule has 0 bridgehead atoms. The Hall–Kier alpha value is -4.16. The molecule has 4 heterocycles. The molecule has 2 saturated heterocycles. The first-order valence-corrected chi connectivity index (χ1v) is 13.7. The molecule has 2 N–H and O–H groups in total. The van der Waals surface area contributed by atoms with Crippen molar-refractivity contribution in [1.82, 2.24) is 24.5 Å². The molecule has 3 aromatic rings. The molecule has 3 aliphatic rings. The van der Waals surface area contributed by atoms with Gasteiger partial charge in [0.05, 0.1) is 11.1 Å². The van der Waals surface area contributed by atoms with E-state index in [1.807, 2.05) is 0 Å². The summed E-state index contributed by atoms with van der Waals surface area (Å²) >= 11 is 1.37. The fraction of sp³-hybridized carbons (Fsp3) is 0.333. The molecule has 11 nitrogen and oxygen atoms in total. The highest BCUT2D eigenvalue weighted by Gasteiger charge is 2.45. The van der Waals surface area contributed by atoms with Gasteiger partial charge in [-0.3, -0.25) is 34.3 Å². The lowest BCUT2D eigenvalue weighted by atomic mass is 10.0. The number of nitrogens with zero attached hydrogens (tertiary/aromatic N) is 5. The Morgan fingerprint density at radius 1 is 0.949 bits per heavy atom. The van der Waals surface area contributed by atoms with E-state index in [0.717, 1.165) is 49.1 Å². The van der Waals surface area contributed by atoms with E-state index in [1.165, 1.54) is 17.1 Å². The van der Waals surface area contributed by atoms with E-state index in [9.17, 15) is 19.2 Å². The average molecular weight is 546 g/mol. The Labute approximate surface area is 229 Å². The molecule has 3 aliphatic heterocycles. The van der Waals surface area contributed by atoms with E-state index in [2.05, 4.69) is 54.1 Å². The van der Waals surface area contributed by atoms with Crippen molar-refractivity contribution in [1.29, 1.82) is 0 Å². The summed E-state index contributed by atoms with van der Waals surface area (Å²) in [5, 5.41) is 5.52. The van der Waals surface area contributed by atoms with Gasteiger partial charge in [0.15, 0.2) is 0 Å². The first-order valence-electron chi connectivity index (χ1n) is 12.9. The van der Waals surface area contributed by atoms with Crippen LogP contribution in [0, 0.1) is 0 Å². The molecule has 2 fully saturated rings. The number of amides is 4. The molecular weight excluding hydrogens is 518 g/mol. The summed E-state index contributed by atoms with van der Waals surface area (Å²) in [5.74, 6) is -1.23. The van der Waals surface area contributed by atoms with Crippen LogP contribution in [0.4, 0.5) is 11.6 Å². The predicted octanol–water partition coefficient (Wildman–Crippen LogP) is 1.87. The Kier molecular flexibility index (Phi) is 6.79. The van der Waals surface area contributed by atoms with Crippen molar-refractivity contribution in [3.05, 3.63) is 70.2 Å². The van der Waals surface area contributed by atoms with Crippen molar-refractivity contribution in [3.63, 3.8) is 0 Å². The van der Waals surface area contributed by atoms with Crippen LogP contribution in [0.2, 0.25) is 0 Å². The van der Waals surface area contributed by atoms with E-state index < -0.39 is 29.7 Å². The fourth-order valence-corrected chi connectivity index (χ4v) is 5.74. The number of carbonyl (C=O) groups is 4. The van der Waals surface area contributed by atoms with Gasteiger partial charge in [0, 0.05) is 51.4 Å². The summed E-state index contributed by atoms with van der Waals surface area (Å²) in [5.41, 5.74) is 5.08. The third kappa shape index (κ3) is 5.00. The van der Waals surface area contributed by atoms with Gasteiger partial charge in [0.25, 0.3) is 11.8 Å². The molecule has 0 aliphatic carbocycles. The quantitative estimate of drug-likeness (QED) is 0.428. The molecule has 2 aromatic carbocycles. The van der Waals surface area contributed by atoms with Gasteiger partial charge < -0.3 is 10.2 Å². The first-order chi connectivity index (χ1) is 19.0. The minimum atomic E-state index is -0.984. The van der Waals surface area contributed by atoms with E-state index in [1.54, 1.807) is 23.7 Å². The zero-order chi connectivity index (χ0) is 26.9. The Bertz CT molecular complexity index is 1420. The molecule has 200 valence electrons. The van der Waals surface area contributed by atoms with Crippen molar-refractivity contribution in [2.24, 2.45) is 0 Å². The minimum absolute atomic E-state index is 0.0885. The summed E-state index contributed by atoms with van der Waals surface area (Å²) < 4.78 is 4.32. The van der Waals surface area contributed by atoms with Gasteiger partial charge in [0.2, 0.25) is 17.8 Å². The van der Waals surface area contributed by atoms with Crippen LogP contribution < -0.4 is 15.5 Å². The fourth-order valence-electron chi connectivity index (χ4n) is 5.29. The van der Waals surface area contributed by atoms with Crippen LogP contribution in [0.3, 0.4) is 0 Å². The first kappa shape index (κ1) is 25.1. The maximum Gasteiger partial charge on any atom is 0.264 e. The smallest absolute Gasteiger partial charge is 0.264 e. The molecule has 1 aromatic heterocycles. The third-order valence-electron chi connectivity index (χ3n) is 7.39. The number of imide groups is 2. The van der Waals surface area contributed by atoms with Crippen LogP contribution in [0.1, 0.15) is 44.7 Å². The third-order valence-corrected chi connectivity index (χ3v) is 7.85. The highest BCUT2D eigenvalue weighted by molar-refractivity contribution is 7.03. The zero-order valence-electron chi connectivity index (χ0n) is 21.1. The highest BCUT2D eigenvalue weighted by Crippen LogP contribution is 2.32. The largest absolute Gasteiger partial charge is 0.380 e. The van der Waals surface area contributed by atoms with Gasteiger partial charge in [-0.1, -0.05) is 30.3 Å². The van der Waals surface area contributed by atoms with Crippen LogP contribution in [0.5, 0.6) is 0 Å².